The minimum absolute atomic E-state index is 0.146. The van der Waals surface area contributed by atoms with Gasteiger partial charge < -0.3 is 0 Å². The van der Waals surface area contributed by atoms with Crippen LogP contribution in [-0.2, 0) is 16.8 Å². The number of azide groups is 1. The van der Waals surface area contributed by atoms with E-state index in [1.807, 2.05) is 0 Å². The number of nitrogens with zero attached hydrogens (tertiary/aromatic N) is 3. The Kier molecular flexibility index (Phi) is 3.06. The van der Waals surface area contributed by atoms with Gasteiger partial charge in [0, 0.05) is 4.91 Å². The van der Waals surface area contributed by atoms with Gasteiger partial charge in [0.05, 0.1) is 6.54 Å². The van der Waals surface area contributed by atoms with E-state index in [1.54, 1.807) is 0 Å². The molecule has 0 aliphatic heterocycles. The lowest BCUT2D eigenvalue weighted by molar-refractivity contribution is 0.551. The fourth-order valence-electron chi connectivity index (χ4n) is 0.980. The lowest BCUT2D eigenvalue weighted by Gasteiger charge is -2.00. The van der Waals surface area contributed by atoms with E-state index in [-0.39, 0.29) is 12.1 Å². The first kappa shape index (κ1) is 10.5. The van der Waals surface area contributed by atoms with Crippen molar-refractivity contribution in [1.82, 2.24) is 0 Å². The molecule has 0 heterocycles. The van der Waals surface area contributed by atoms with Crippen LogP contribution in [0.5, 0.6) is 0 Å². The summed E-state index contributed by atoms with van der Waals surface area (Å²) in [5, 5.41) is 3.17. The summed E-state index contributed by atoms with van der Waals surface area (Å²) >= 11 is 0. The highest BCUT2D eigenvalue weighted by molar-refractivity contribution is 7.86. The summed E-state index contributed by atoms with van der Waals surface area (Å²) in [6.07, 6.45) is 0. The second kappa shape index (κ2) is 4.08. The maximum atomic E-state index is 12.6. The van der Waals surface area contributed by atoms with Crippen molar-refractivity contribution in [3.63, 3.8) is 0 Å². The summed E-state index contributed by atoms with van der Waals surface area (Å²) in [6, 6.07) is 5.45. The van der Waals surface area contributed by atoms with Crippen molar-refractivity contribution in [2.24, 2.45) is 5.11 Å². The molecule has 0 bridgehead atoms. The van der Waals surface area contributed by atoms with E-state index in [2.05, 4.69) is 10.0 Å². The molecule has 0 radical (unpaired) electrons. The summed E-state index contributed by atoms with van der Waals surface area (Å²) in [6.45, 7) is -0.185. The molecule has 0 saturated carbocycles. The first-order valence-corrected chi connectivity index (χ1v) is 4.97. The zero-order valence-electron chi connectivity index (χ0n) is 6.96. The van der Waals surface area contributed by atoms with Gasteiger partial charge in [0.25, 0.3) is 0 Å². The molecule has 14 heavy (non-hydrogen) atoms. The molecular weight excluding hydrogens is 209 g/mol. The second-order valence-corrected chi connectivity index (χ2v) is 3.75. The molecule has 0 aliphatic carbocycles. The van der Waals surface area contributed by atoms with Crippen molar-refractivity contribution in [3.8, 4) is 0 Å². The summed E-state index contributed by atoms with van der Waals surface area (Å²) in [7, 11) is -4.75. The van der Waals surface area contributed by atoms with Crippen molar-refractivity contribution in [3.05, 3.63) is 40.3 Å². The molecule has 0 saturated heterocycles. The molecule has 0 spiro atoms. The Morgan fingerprint density at radius 2 is 2.07 bits per heavy atom. The van der Waals surface area contributed by atoms with E-state index in [9.17, 15) is 12.3 Å². The number of hydrogen-bond acceptors (Lipinski definition) is 3. The van der Waals surface area contributed by atoms with Crippen LogP contribution in [-0.4, -0.2) is 8.42 Å². The van der Waals surface area contributed by atoms with Crippen LogP contribution in [0.25, 0.3) is 10.4 Å². The predicted molar refractivity (Wildman–Crippen MR) is 47.6 cm³/mol. The third kappa shape index (κ3) is 2.45. The summed E-state index contributed by atoms with van der Waals surface area (Å²) in [5.41, 5.74) is 8.18. The minimum Gasteiger partial charge on any atom is -0.189 e. The SMILES string of the molecule is [N-]=[N+]=NCc1ccccc1S(=O)(=O)F. The van der Waals surface area contributed by atoms with Gasteiger partial charge in [-0.1, -0.05) is 23.3 Å². The summed E-state index contributed by atoms with van der Waals surface area (Å²) in [5.74, 6) is 0. The van der Waals surface area contributed by atoms with Gasteiger partial charge in [-0.05, 0) is 17.2 Å². The van der Waals surface area contributed by atoms with E-state index < -0.39 is 15.1 Å². The summed E-state index contributed by atoms with van der Waals surface area (Å²) < 4.78 is 33.9. The molecule has 0 amide bonds. The third-order valence-corrected chi connectivity index (χ3v) is 2.46. The Morgan fingerprint density at radius 1 is 1.43 bits per heavy atom. The average molecular weight is 215 g/mol. The van der Waals surface area contributed by atoms with Gasteiger partial charge in [-0.15, -0.1) is 3.89 Å². The van der Waals surface area contributed by atoms with Gasteiger partial charge in [-0.3, -0.25) is 0 Å². The molecule has 0 atom stereocenters. The number of hydrogen-bond donors (Lipinski definition) is 0. The number of benzene rings is 1. The Balaban J connectivity index is 3.23. The number of rotatable bonds is 3. The molecule has 0 N–H and O–H groups in total. The molecule has 1 aromatic carbocycles. The van der Waals surface area contributed by atoms with Crippen molar-refractivity contribution >= 4 is 10.2 Å². The quantitative estimate of drug-likeness (QED) is 0.335. The first-order chi connectivity index (χ1) is 6.55. The first-order valence-electron chi connectivity index (χ1n) is 3.59. The van der Waals surface area contributed by atoms with E-state index in [0.29, 0.717) is 0 Å². The summed E-state index contributed by atoms with van der Waals surface area (Å²) in [4.78, 5) is 2.01. The van der Waals surface area contributed by atoms with Crippen molar-refractivity contribution in [2.45, 2.75) is 11.4 Å². The van der Waals surface area contributed by atoms with E-state index in [4.69, 9.17) is 5.53 Å². The Bertz CT molecular complexity index is 479. The lowest BCUT2D eigenvalue weighted by atomic mass is 10.2. The van der Waals surface area contributed by atoms with Crippen LogP contribution in [0.2, 0.25) is 0 Å². The fraction of sp³-hybridized carbons (Fsp3) is 0.143. The largest absolute Gasteiger partial charge is 0.332 e. The molecule has 0 aromatic heterocycles. The Morgan fingerprint density at radius 3 is 2.64 bits per heavy atom. The molecule has 0 unspecified atom stereocenters. The number of halogens is 1. The highest BCUT2D eigenvalue weighted by Gasteiger charge is 2.15. The minimum atomic E-state index is -4.75. The monoisotopic (exact) mass is 215 g/mol. The highest BCUT2D eigenvalue weighted by atomic mass is 32.3. The molecule has 5 nitrogen and oxygen atoms in total. The molecule has 1 aromatic rings. The van der Waals surface area contributed by atoms with E-state index in [1.165, 1.54) is 18.2 Å². The van der Waals surface area contributed by atoms with Crippen LogP contribution in [0.3, 0.4) is 0 Å². The predicted octanol–water partition coefficient (Wildman–Crippen LogP) is 2.16. The lowest BCUT2D eigenvalue weighted by Crippen LogP contribution is -1.97. The van der Waals surface area contributed by atoms with Crippen LogP contribution in [0.1, 0.15) is 5.56 Å². The van der Waals surface area contributed by atoms with Crippen LogP contribution in [0, 0.1) is 0 Å². The zero-order chi connectivity index (χ0) is 10.6. The van der Waals surface area contributed by atoms with Gasteiger partial charge in [-0.25, -0.2) is 0 Å². The van der Waals surface area contributed by atoms with Crippen molar-refractivity contribution in [1.29, 1.82) is 0 Å². The van der Waals surface area contributed by atoms with Gasteiger partial charge in [-0.2, -0.15) is 8.42 Å². The van der Waals surface area contributed by atoms with Crippen LogP contribution in [0.15, 0.2) is 34.3 Å². The molecule has 7 heteroatoms. The Labute approximate surface area is 80.0 Å². The van der Waals surface area contributed by atoms with Crippen LogP contribution in [0.4, 0.5) is 3.89 Å². The molecular formula is C7H6FN3O2S. The van der Waals surface area contributed by atoms with Gasteiger partial charge in [0.15, 0.2) is 0 Å². The van der Waals surface area contributed by atoms with Crippen LogP contribution < -0.4 is 0 Å². The fourth-order valence-corrected chi connectivity index (χ4v) is 1.67. The van der Waals surface area contributed by atoms with Gasteiger partial charge in [0.2, 0.25) is 0 Å². The topological polar surface area (TPSA) is 82.9 Å². The molecule has 74 valence electrons. The Hall–Kier alpha value is -1.59. The maximum Gasteiger partial charge on any atom is 0.332 e. The van der Waals surface area contributed by atoms with Crippen LogP contribution >= 0.6 is 0 Å². The normalized spacial score (nSPS) is 10.6. The van der Waals surface area contributed by atoms with E-state index in [0.717, 1.165) is 6.07 Å². The zero-order valence-corrected chi connectivity index (χ0v) is 7.78. The molecule has 1 rings (SSSR count). The standard InChI is InChI=1S/C7H6FN3O2S/c8-14(12,13)7-4-2-1-3-6(7)5-10-11-9/h1-4H,5H2. The smallest absolute Gasteiger partial charge is 0.189 e. The average Bonchev–Trinajstić information content (AvgIpc) is 2.14. The second-order valence-electron chi connectivity index (χ2n) is 2.43. The third-order valence-electron chi connectivity index (χ3n) is 1.54. The van der Waals surface area contributed by atoms with Crippen molar-refractivity contribution in [2.75, 3.05) is 0 Å². The van der Waals surface area contributed by atoms with E-state index >= 15 is 0 Å². The molecule has 0 aliphatic rings. The van der Waals surface area contributed by atoms with Gasteiger partial charge in [0.1, 0.15) is 4.90 Å². The highest BCUT2D eigenvalue weighted by Crippen LogP contribution is 2.18. The van der Waals surface area contributed by atoms with Crippen molar-refractivity contribution < 1.29 is 12.3 Å². The van der Waals surface area contributed by atoms with Gasteiger partial charge >= 0.3 is 10.2 Å². The maximum absolute atomic E-state index is 12.6. The molecule has 0 fully saturated rings.